The third-order valence-corrected chi connectivity index (χ3v) is 7.23. The Morgan fingerprint density at radius 1 is 1.00 bits per heavy atom. The van der Waals surface area contributed by atoms with Crippen LogP contribution < -0.4 is 10.6 Å². The predicted molar refractivity (Wildman–Crippen MR) is 101 cm³/mol. The number of aliphatic hydroxyl groups is 1. The second kappa shape index (κ2) is 7.65. The zero-order valence-corrected chi connectivity index (χ0v) is 16.5. The quantitative estimate of drug-likeness (QED) is 0.623. The molecule has 0 saturated heterocycles. The van der Waals surface area contributed by atoms with Crippen LogP contribution in [-0.2, 0) is 14.3 Å². The van der Waals surface area contributed by atoms with Crippen molar-refractivity contribution in [3.8, 4) is 0 Å². The van der Waals surface area contributed by atoms with Gasteiger partial charge in [0.1, 0.15) is 0 Å². The molecule has 28 heavy (non-hydrogen) atoms. The Morgan fingerprint density at radius 3 is 2.32 bits per heavy atom. The molecule has 2 unspecified atom stereocenters. The molecule has 5 saturated carbocycles. The Morgan fingerprint density at radius 2 is 1.68 bits per heavy atom. The van der Waals surface area contributed by atoms with Gasteiger partial charge in [0, 0.05) is 6.04 Å². The first-order valence-electron chi connectivity index (χ1n) is 10.8. The summed E-state index contributed by atoms with van der Waals surface area (Å²) in [5.74, 6) is -0.00384. The van der Waals surface area contributed by atoms with E-state index in [9.17, 15) is 19.5 Å². The molecule has 0 spiro atoms. The topological polar surface area (TPSA) is 105 Å². The largest absolute Gasteiger partial charge is 0.456 e. The van der Waals surface area contributed by atoms with E-state index in [-0.39, 0.29) is 17.9 Å². The summed E-state index contributed by atoms with van der Waals surface area (Å²) >= 11 is 0. The molecule has 5 aliphatic carbocycles. The van der Waals surface area contributed by atoms with Gasteiger partial charge in [0.2, 0.25) is 0 Å². The number of nitrogens with one attached hydrogen (secondary N) is 2. The van der Waals surface area contributed by atoms with Gasteiger partial charge in [0.05, 0.1) is 12.0 Å². The molecule has 0 aromatic rings. The molecule has 156 valence electrons. The molecule has 3 amide bonds. The second-order valence-corrected chi connectivity index (χ2v) is 9.88. The average Bonchev–Trinajstić information content (AvgIpc) is 2.58. The second-order valence-electron chi connectivity index (χ2n) is 9.88. The van der Waals surface area contributed by atoms with Crippen molar-refractivity contribution in [1.82, 2.24) is 10.6 Å². The van der Waals surface area contributed by atoms with Crippen LogP contribution in [-0.4, -0.2) is 41.3 Å². The highest BCUT2D eigenvalue weighted by Crippen LogP contribution is 2.62. The first-order chi connectivity index (χ1) is 13.3. The highest BCUT2D eigenvalue weighted by Gasteiger charge is 2.57. The minimum absolute atomic E-state index is 0.117. The number of rotatable bonds is 5. The molecule has 0 heterocycles. The molecule has 7 nitrogen and oxygen atoms in total. The molecule has 3 N–H and O–H groups in total. The number of hydrogen-bond donors (Lipinski definition) is 3. The normalized spacial score (nSPS) is 36.8. The van der Waals surface area contributed by atoms with Crippen LogP contribution >= 0.6 is 0 Å². The number of amides is 3. The van der Waals surface area contributed by atoms with Crippen LogP contribution in [0.4, 0.5) is 4.79 Å². The van der Waals surface area contributed by atoms with Crippen molar-refractivity contribution in [2.75, 3.05) is 6.61 Å². The van der Waals surface area contributed by atoms with Crippen LogP contribution in [0, 0.1) is 17.3 Å². The number of hydrogen-bond acceptors (Lipinski definition) is 5. The monoisotopic (exact) mass is 392 g/mol. The van der Waals surface area contributed by atoms with Gasteiger partial charge >= 0.3 is 12.0 Å². The fourth-order valence-corrected chi connectivity index (χ4v) is 6.74. The lowest BCUT2D eigenvalue weighted by atomic mass is 9.47. The minimum Gasteiger partial charge on any atom is -0.456 e. The van der Waals surface area contributed by atoms with E-state index in [4.69, 9.17) is 4.74 Å². The number of carbonyl (C=O) groups is 3. The molecular formula is C21H32N2O5. The van der Waals surface area contributed by atoms with E-state index in [2.05, 4.69) is 10.6 Å². The highest BCUT2D eigenvalue weighted by atomic mass is 16.5. The van der Waals surface area contributed by atoms with Crippen LogP contribution in [0.25, 0.3) is 0 Å². The zero-order chi connectivity index (χ0) is 19.8. The maximum absolute atomic E-state index is 12.4. The van der Waals surface area contributed by atoms with E-state index >= 15 is 0 Å². The molecule has 5 fully saturated rings. The molecule has 5 aliphatic rings. The van der Waals surface area contributed by atoms with Crippen molar-refractivity contribution in [3.63, 3.8) is 0 Å². The summed E-state index contributed by atoms with van der Waals surface area (Å²) in [5.41, 5.74) is -0.788. The summed E-state index contributed by atoms with van der Waals surface area (Å²) in [6.45, 7) is -0.440. The fraction of sp³-hybridized carbons (Fsp3) is 0.857. The standard InChI is InChI=1S/C21H32N2O5/c24-17(23-19(26)22-16-4-2-1-3-5-16)12-28-18(25)11-20-7-14-6-15(8-20)10-21(27,9-14)13-20/h14-16,27H,1-13H2,(H2,22,23,24,26)/t14-,15+,20?,21?. The van der Waals surface area contributed by atoms with E-state index in [1.54, 1.807) is 0 Å². The first kappa shape index (κ1) is 19.7. The van der Waals surface area contributed by atoms with Gasteiger partial charge in [-0.15, -0.1) is 0 Å². The average molecular weight is 392 g/mol. The van der Waals surface area contributed by atoms with Crippen molar-refractivity contribution in [3.05, 3.63) is 0 Å². The fourth-order valence-electron chi connectivity index (χ4n) is 6.74. The van der Waals surface area contributed by atoms with Crippen molar-refractivity contribution >= 4 is 17.9 Å². The third-order valence-electron chi connectivity index (χ3n) is 7.23. The maximum atomic E-state index is 12.4. The summed E-state index contributed by atoms with van der Waals surface area (Å²) in [5, 5.41) is 15.8. The molecular weight excluding hydrogens is 360 g/mol. The lowest BCUT2D eigenvalue weighted by molar-refractivity contribution is -0.177. The Labute approximate surface area is 166 Å². The Balaban J connectivity index is 1.20. The highest BCUT2D eigenvalue weighted by molar-refractivity contribution is 5.95. The third kappa shape index (κ3) is 4.50. The molecule has 0 aromatic heterocycles. The lowest BCUT2D eigenvalue weighted by Crippen LogP contribution is -2.56. The smallest absolute Gasteiger partial charge is 0.321 e. The van der Waals surface area contributed by atoms with Crippen LogP contribution in [0.3, 0.4) is 0 Å². The molecule has 4 bridgehead atoms. The summed E-state index contributed by atoms with van der Waals surface area (Å²) in [4.78, 5) is 36.2. The molecule has 0 radical (unpaired) electrons. The van der Waals surface area contributed by atoms with Crippen molar-refractivity contribution < 1.29 is 24.2 Å². The number of imide groups is 1. The zero-order valence-electron chi connectivity index (χ0n) is 16.5. The predicted octanol–water partition coefficient (Wildman–Crippen LogP) is 2.41. The van der Waals surface area contributed by atoms with Crippen molar-refractivity contribution in [2.45, 2.75) is 88.7 Å². The SMILES string of the molecule is O=C(COC(=O)CC12C[C@@H]3C[C@@H](CC(O)(C3)C1)C2)NC(=O)NC1CCCCC1. The summed E-state index contributed by atoms with van der Waals surface area (Å²) in [6.07, 6.45) is 11.0. The van der Waals surface area contributed by atoms with Gasteiger partial charge in [0.15, 0.2) is 6.61 Å². The summed E-state index contributed by atoms with van der Waals surface area (Å²) in [7, 11) is 0. The van der Waals surface area contributed by atoms with E-state index in [0.717, 1.165) is 57.8 Å². The molecule has 0 aromatic carbocycles. The van der Waals surface area contributed by atoms with Crippen LogP contribution in [0.5, 0.6) is 0 Å². The van der Waals surface area contributed by atoms with Crippen molar-refractivity contribution in [1.29, 1.82) is 0 Å². The van der Waals surface area contributed by atoms with E-state index in [1.807, 2.05) is 0 Å². The summed E-state index contributed by atoms with van der Waals surface area (Å²) < 4.78 is 5.15. The number of carbonyl (C=O) groups excluding carboxylic acids is 3. The molecule has 7 heteroatoms. The lowest BCUT2D eigenvalue weighted by Gasteiger charge is -2.60. The van der Waals surface area contributed by atoms with Crippen LogP contribution in [0.15, 0.2) is 0 Å². The van der Waals surface area contributed by atoms with Gasteiger partial charge in [0.25, 0.3) is 5.91 Å². The minimum atomic E-state index is -0.612. The number of esters is 1. The van der Waals surface area contributed by atoms with Crippen LogP contribution in [0.1, 0.15) is 77.0 Å². The Bertz CT molecular complexity index is 629. The van der Waals surface area contributed by atoms with Crippen LogP contribution in [0.2, 0.25) is 0 Å². The first-order valence-corrected chi connectivity index (χ1v) is 10.8. The van der Waals surface area contributed by atoms with E-state index in [0.29, 0.717) is 18.3 Å². The van der Waals surface area contributed by atoms with E-state index < -0.39 is 30.1 Å². The Hall–Kier alpha value is -1.63. The van der Waals surface area contributed by atoms with Gasteiger partial charge in [-0.25, -0.2) is 4.79 Å². The van der Waals surface area contributed by atoms with Gasteiger partial charge in [-0.05, 0) is 68.6 Å². The summed E-state index contributed by atoms with van der Waals surface area (Å²) in [6, 6.07) is -0.401. The van der Waals surface area contributed by atoms with Gasteiger partial charge in [-0.2, -0.15) is 0 Å². The number of urea groups is 1. The van der Waals surface area contributed by atoms with Gasteiger partial charge in [-0.1, -0.05) is 19.3 Å². The molecule has 5 rings (SSSR count). The van der Waals surface area contributed by atoms with Crippen molar-refractivity contribution in [2.24, 2.45) is 17.3 Å². The van der Waals surface area contributed by atoms with E-state index in [1.165, 1.54) is 6.42 Å². The number of ether oxygens (including phenoxy) is 1. The molecule has 4 atom stereocenters. The molecule has 0 aliphatic heterocycles. The van der Waals surface area contributed by atoms with Gasteiger partial charge in [-0.3, -0.25) is 14.9 Å². The van der Waals surface area contributed by atoms with Gasteiger partial charge < -0.3 is 15.2 Å². The maximum Gasteiger partial charge on any atom is 0.321 e. The Kier molecular flexibility index (Phi) is 5.38.